The van der Waals surface area contributed by atoms with Crippen molar-refractivity contribution >= 4 is 5.69 Å². The molecule has 1 fully saturated rings. The SMILES string of the molecule is COC1(Cc2[nH]ncc2[N+](=O)[O-])CNC1. The monoisotopic (exact) mass is 212 g/mol. The summed E-state index contributed by atoms with van der Waals surface area (Å²) in [5, 5.41) is 20.1. The molecule has 0 aromatic carbocycles. The molecule has 15 heavy (non-hydrogen) atoms. The van der Waals surface area contributed by atoms with Crippen LogP contribution in [0.4, 0.5) is 5.69 Å². The fourth-order valence-electron chi connectivity index (χ4n) is 1.66. The van der Waals surface area contributed by atoms with Gasteiger partial charge in [0.15, 0.2) is 0 Å². The Morgan fingerprint density at radius 2 is 2.47 bits per heavy atom. The highest BCUT2D eigenvalue weighted by Crippen LogP contribution is 2.25. The van der Waals surface area contributed by atoms with Crippen molar-refractivity contribution in [1.29, 1.82) is 0 Å². The minimum Gasteiger partial charge on any atom is -0.375 e. The van der Waals surface area contributed by atoms with Crippen LogP contribution in [0.5, 0.6) is 0 Å². The molecular weight excluding hydrogens is 200 g/mol. The Hall–Kier alpha value is -1.47. The maximum Gasteiger partial charge on any atom is 0.310 e. The van der Waals surface area contributed by atoms with Crippen LogP contribution in [0.2, 0.25) is 0 Å². The van der Waals surface area contributed by atoms with E-state index in [9.17, 15) is 10.1 Å². The quantitative estimate of drug-likeness (QED) is 0.534. The molecule has 2 N–H and O–H groups in total. The third-order valence-electron chi connectivity index (χ3n) is 2.72. The summed E-state index contributed by atoms with van der Waals surface area (Å²) in [6.45, 7) is 1.42. The van der Waals surface area contributed by atoms with Gasteiger partial charge in [0.1, 0.15) is 11.9 Å². The highest BCUT2D eigenvalue weighted by atomic mass is 16.6. The molecule has 7 heteroatoms. The lowest BCUT2D eigenvalue weighted by Gasteiger charge is -2.40. The van der Waals surface area contributed by atoms with Gasteiger partial charge < -0.3 is 10.1 Å². The van der Waals surface area contributed by atoms with Crippen LogP contribution in [0, 0.1) is 10.1 Å². The molecule has 0 atom stereocenters. The van der Waals surface area contributed by atoms with E-state index >= 15 is 0 Å². The van der Waals surface area contributed by atoms with Crippen LogP contribution in [0.15, 0.2) is 6.20 Å². The van der Waals surface area contributed by atoms with Gasteiger partial charge in [0.25, 0.3) is 0 Å². The second-order valence-corrected chi connectivity index (χ2v) is 3.66. The van der Waals surface area contributed by atoms with Gasteiger partial charge in [-0.3, -0.25) is 15.2 Å². The minimum absolute atomic E-state index is 0.0262. The summed E-state index contributed by atoms with van der Waals surface area (Å²) in [6, 6.07) is 0. The summed E-state index contributed by atoms with van der Waals surface area (Å²) in [4.78, 5) is 10.2. The van der Waals surface area contributed by atoms with Gasteiger partial charge in [-0.2, -0.15) is 5.10 Å². The topological polar surface area (TPSA) is 93.1 Å². The van der Waals surface area contributed by atoms with E-state index in [0.717, 1.165) is 0 Å². The predicted octanol–water partition coefficient (Wildman–Crippen LogP) is -0.151. The third-order valence-corrected chi connectivity index (χ3v) is 2.72. The summed E-state index contributed by atoms with van der Waals surface area (Å²) in [7, 11) is 1.61. The summed E-state index contributed by atoms with van der Waals surface area (Å²) < 4.78 is 5.35. The first-order chi connectivity index (χ1) is 7.17. The number of nitrogens with zero attached hydrogens (tertiary/aromatic N) is 2. The molecule has 1 saturated heterocycles. The molecule has 0 saturated carbocycles. The number of ether oxygens (including phenoxy) is 1. The molecule has 1 aliphatic heterocycles. The van der Waals surface area contributed by atoms with Crippen LogP contribution in [0.25, 0.3) is 0 Å². The average Bonchev–Trinajstić information content (AvgIpc) is 2.59. The third kappa shape index (κ3) is 1.71. The molecule has 0 bridgehead atoms. The van der Waals surface area contributed by atoms with Crippen LogP contribution < -0.4 is 5.32 Å². The van der Waals surface area contributed by atoms with Crippen LogP contribution in [0.3, 0.4) is 0 Å². The molecule has 0 unspecified atom stereocenters. The number of aromatic amines is 1. The maximum atomic E-state index is 10.7. The van der Waals surface area contributed by atoms with Crippen molar-refractivity contribution < 1.29 is 9.66 Å². The van der Waals surface area contributed by atoms with Crippen molar-refractivity contribution in [3.63, 3.8) is 0 Å². The lowest BCUT2D eigenvalue weighted by atomic mass is 9.91. The summed E-state index contributed by atoms with van der Waals surface area (Å²) >= 11 is 0. The van der Waals surface area contributed by atoms with Gasteiger partial charge in [0.05, 0.1) is 10.5 Å². The van der Waals surface area contributed by atoms with Crippen LogP contribution in [-0.4, -0.2) is 40.9 Å². The van der Waals surface area contributed by atoms with E-state index in [1.54, 1.807) is 7.11 Å². The zero-order valence-corrected chi connectivity index (χ0v) is 8.32. The molecule has 1 aromatic rings. The minimum atomic E-state index is -0.436. The van der Waals surface area contributed by atoms with Gasteiger partial charge >= 0.3 is 5.69 Å². The van der Waals surface area contributed by atoms with Gasteiger partial charge in [-0.15, -0.1) is 0 Å². The molecule has 0 radical (unpaired) electrons. The number of nitrogens with one attached hydrogen (secondary N) is 2. The molecule has 2 rings (SSSR count). The Balaban J connectivity index is 2.16. The second-order valence-electron chi connectivity index (χ2n) is 3.66. The molecular formula is C8H12N4O3. The lowest BCUT2D eigenvalue weighted by Crippen LogP contribution is -2.62. The standard InChI is InChI=1S/C8H12N4O3/c1-15-8(4-9-5-8)2-6-7(12(13)14)3-10-11-6/h3,9H,2,4-5H2,1H3,(H,10,11). The lowest BCUT2D eigenvalue weighted by molar-refractivity contribution is -0.385. The van der Waals surface area contributed by atoms with Crippen molar-refractivity contribution in [2.24, 2.45) is 0 Å². The number of aromatic nitrogens is 2. The molecule has 1 aromatic heterocycles. The van der Waals surface area contributed by atoms with Gasteiger partial charge in [-0.25, -0.2) is 0 Å². The highest BCUT2D eigenvalue weighted by molar-refractivity contribution is 5.33. The summed E-state index contributed by atoms with van der Waals surface area (Å²) in [5.41, 5.74) is 0.221. The number of nitro groups is 1. The summed E-state index contributed by atoms with van der Waals surface area (Å²) in [6.07, 6.45) is 1.71. The van der Waals surface area contributed by atoms with Crippen LogP contribution in [-0.2, 0) is 11.2 Å². The Morgan fingerprint density at radius 1 is 1.73 bits per heavy atom. The fraction of sp³-hybridized carbons (Fsp3) is 0.625. The van der Waals surface area contributed by atoms with Crippen molar-refractivity contribution in [2.75, 3.05) is 20.2 Å². The zero-order valence-electron chi connectivity index (χ0n) is 8.32. The smallest absolute Gasteiger partial charge is 0.310 e. The van der Waals surface area contributed by atoms with E-state index in [1.165, 1.54) is 6.20 Å². The van der Waals surface area contributed by atoms with Gasteiger partial charge in [-0.1, -0.05) is 0 Å². The van der Waals surface area contributed by atoms with E-state index in [-0.39, 0.29) is 11.3 Å². The van der Waals surface area contributed by atoms with E-state index in [4.69, 9.17) is 4.74 Å². The van der Waals surface area contributed by atoms with E-state index < -0.39 is 4.92 Å². The Labute approximate surface area is 86.0 Å². The van der Waals surface area contributed by atoms with Gasteiger partial charge in [0, 0.05) is 26.6 Å². The number of hydrogen-bond donors (Lipinski definition) is 2. The predicted molar refractivity (Wildman–Crippen MR) is 51.6 cm³/mol. The van der Waals surface area contributed by atoms with Gasteiger partial charge in [0.2, 0.25) is 0 Å². The molecule has 1 aliphatic rings. The Kier molecular flexibility index (Phi) is 2.41. The molecule has 7 nitrogen and oxygen atoms in total. The first-order valence-corrected chi connectivity index (χ1v) is 4.59. The number of H-pyrrole nitrogens is 1. The van der Waals surface area contributed by atoms with E-state index in [1.807, 2.05) is 0 Å². The van der Waals surface area contributed by atoms with Gasteiger partial charge in [-0.05, 0) is 0 Å². The molecule has 0 spiro atoms. The first kappa shape index (κ1) is 10.1. The van der Waals surface area contributed by atoms with Crippen molar-refractivity contribution in [3.05, 3.63) is 22.0 Å². The van der Waals surface area contributed by atoms with E-state index in [0.29, 0.717) is 25.2 Å². The van der Waals surface area contributed by atoms with Crippen molar-refractivity contribution in [2.45, 2.75) is 12.0 Å². The number of hydrogen-bond acceptors (Lipinski definition) is 5. The number of methoxy groups -OCH3 is 1. The maximum absolute atomic E-state index is 10.7. The number of rotatable bonds is 4. The first-order valence-electron chi connectivity index (χ1n) is 4.59. The van der Waals surface area contributed by atoms with E-state index in [2.05, 4.69) is 15.5 Å². The summed E-state index contributed by atoms with van der Waals surface area (Å²) in [5.74, 6) is 0. The largest absolute Gasteiger partial charge is 0.375 e. The molecule has 82 valence electrons. The zero-order chi connectivity index (χ0) is 10.9. The fourth-order valence-corrected chi connectivity index (χ4v) is 1.66. The Morgan fingerprint density at radius 3 is 2.93 bits per heavy atom. The van der Waals surface area contributed by atoms with Crippen LogP contribution in [0.1, 0.15) is 5.69 Å². The van der Waals surface area contributed by atoms with Crippen LogP contribution >= 0.6 is 0 Å². The normalized spacial score (nSPS) is 18.5. The Bertz CT molecular complexity index is 366. The molecule has 0 amide bonds. The highest BCUT2D eigenvalue weighted by Gasteiger charge is 2.39. The van der Waals surface area contributed by atoms with Crippen molar-refractivity contribution in [3.8, 4) is 0 Å². The molecule has 0 aliphatic carbocycles. The average molecular weight is 212 g/mol. The second kappa shape index (κ2) is 3.59. The van der Waals surface area contributed by atoms with Crippen molar-refractivity contribution in [1.82, 2.24) is 15.5 Å². The molecule has 2 heterocycles.